The molecule has 0 unspecified atom stereocenters. The van der Waals surface area contributed by atoms with Gasteiger partial charge in [-0.05, 0) is 20.3 Å². The second kappa shape index (κ2) is 16.0. The van der Waals surface area contributed by atoms with Crippen molar-refractivity contribution in [3.05, 3.63) is 62.9 Å². The first-order valence-corrected chi connectivity index (χ1v) is 4.32. The summed E-state index contributed by atoms with van der Waals surface area (Å²) in [4.78, 5) is 0. The van der Waals surface area contributed by atoms with Crippen molar-refractivity contribution < 1.29 is 19.5 Å². The molecule has 88 valence electrons. The van der Waals surface area contributed by atoms with Crippen molar-refractivity contribution in [1.82, 2.24) is 0 Å². The molecule has 15 heavy (non-hydrogen) atoms. The molecule has 0 fully saturated rings. The van der Waals surface area contributed by atoms with E-state index in [4.69, 9.17) is 0 Å². The van der Waals surface area contributed by atoms with Crippen LogP contribution in [0.1, 0.15) is 25.8 Å². The molecule has 0 amide bonds. The Morgan fingerprint density at radius 3 is 1.60 bits per heavy atom. The van der Waals surface area contributed by atoms with Crippen molar-refractivity contribution in [3.63, 3.8) is 0 Å². The Hall–Kier alpha value is -0.417. The van der Waals surface area contributed by atoms with Gasteiger partial charge in [0.05, 0.1) is 0 Å². The summed E-state index contributed by atoms with van der Waals surface area (Å²) in [6.07, 6.45) is 1.11. The Kier molecular flexibility index (Phi) is 25.7. The minimum absolute atomic E-state index is 0. The van der Waals surface area contributed by atoms with Gasteiger partial charge < -0.3 is 14.9 Å². The van der Waals surface area contributed by atoms with Gasteiger partial charge in [-0.3, -0.25) is 0 Å². The number of hydrogen-bond acceptors (Lipinski definition) is 0. The van der Waals surface area contributed by atoms with Crippen LogP contribution in [0, 0.1) is 21.8 Å². The van der Waals surface area contributed by atoms with Crippen LogP contribution in [0.2, 0.25) is 0 Å². The molecule has 0 aromatic heterocycles. The summed E-state index contributed by atoms with van der Waals surface area (Å²) in [5.41, 5.74) is 2.58. The monoisotopic (exact) mass is 294 g/mol. The van der Waals surface area contributed by atoms with Crippen molar-refractivity contribution in [1.29, 1.82) is 0 Å². The maximum atomic E-state index is 3.67. The summed E-state index contributed by atoms with van der Waals surface area (Å²) in [7, 11) is 0. The molecule has 1 rings (SSSR count). The third kappa shape index (κ3) is 19.8. The van der Waals surface area contributed by atoms with Crippen LogP contribution in [0.25, 0.3) is 0 Å². The van der Waals surface area contributed by atoms with Gasteiger partial charge in [0.2, 0.25) is 0 Å². The predicted molar refractivity (Wildman–Crippen MR) is 69.1 cm³/mol. The summed E-state index contributed by atoms with van der Waals surface area (Å²) >= 11 is 0. The van der Waals surface area contributed by atoms with Crippen molar-refractivity contribution in [3.8, 4) is 0 Å². The second-order valence-corrected chi connectivity index (χ2v) is 2.97. The molecule has 0 aliphatic heterocycles. The standard InChI is InChI=1S/C7H8.C5H10.2CH3.Ru/c1-7-5-3-2-4-6-7;1-4-5(2)3;;;/h2-6H,1H3;2,4H2,1,3H3;2*1H3;/q;;2*-1;+2. The molecule has 1 aromatic carbocycles. The predicted octanol–water partition coefficient (Wildman–Crippen LogP) is 4.87. The van der Waals surface area contributed by atoms with E-state index in [-0.39, 0.29) is 34.3 Å². The van der Waals surface area contributed by atoms with Crippen LogP contribution in [0.4, 0.5) is 0 Å². The van der Waals surface area contributed by atoms with E-state index >= 15 is 0 Å². The van der Waals surface area contributed by atoms with E-state index in [9.17, 15) is 0 Å². The topological polar surface area (TPSA) is 0 Å². The van der Waals surface area contributed by atoms with Crippen LogP contribution in [-0.2, 0) is 19.5 Å². The van der Waals surface area contributed by atoms with E-state index < -0.39 is 0 Å². The Morgan fingerprint density at radius 2 is 1.47 bits per heavy atom. The van der Waals surface area contributed by atoms with Crippen LogP contribution < -0.4 is 0 Å². The van der Waals surface area contributed by atoms with Crippen LogP contribution in [0.3, 0.4) is 0 Å². The molecular formula is C14H24Ru. The van der Waals surface area contributed by atoms with Gasteiger partial charge in [0.1, 0.15) is 0 Å². The maximum Gasteiger partial charge on any atom is 2.00 e. The molecule has 0 aliphatic carbocycles. The van der Waals surface area contributed by atoms with Crippen LogP contribution in [0.15, 0.2) is 42.5 Å². The van der Waals surface area contributed by atoms with E-state index in [0.717, 1.165) is 6.42 Å². The molecule has 0 atom stereocenters. The van der Waals surface area contributed by atoms with Crippen LogP contribution in [-0.4, -0.2) is 0 Å². The SMILES string of the molecule is C=C(C)CC.Cc1ccccc1.[CH3-].[CH3-].[Ru+2]. The first-order valence-electron chi connectivity index (χ1n) is 4.32. The summed E-state index contributed by atoms with van der Waals surface area (Å²) < 4.78 is 0. The average Bonchev–Trinajstić information content (AvgIpc) is 2.07. The summed E-state index contributed by atoms with van der Waals surface area (Å²) in [5.74, 6) is 0. The van der Waals surface area contributed by atoms with Gasteiger partial charge in [0, 0.05) is 0 Å². The molecule has 0 N–H and O–H groups in total. The van der Waals surface area contributed by atoms with Crippen molar-refractivity contribution >= 4 is 0 Å². The van der Waals surface area contributed by atoms with Crippen LogP contribution >= 0.6 is 0 Å². The number of hydrogen-bond donors (Lipinski definition) is 0. The summed E-state index contributed by atoms with van der Waals surface area (Å²) in [6, 6.07) is 10.3. The van der Waals surface area contributed by atoms with E-state index in [1.807, 2.05) is 25.1 Å². The van der Waals surface area contributed by atoms with Gasteiger partial charge in [-0.2, -0.15) is 0 Å². The van der Waals surface area contributed by atoms with Gasteiger partial charge in [0.25, 0.3) is 0 Å². The largest absolute Gasteiger partial charge is 2.00 e. The number of rotatable bonds is 1. The molecular weight excluding hydrogens is 269 g/mol. The van der Waals surface area contributed by atoms with Gasteiger partial charge in [-0.1, -0.05) is 48.4 Å². The molecule has 1 heteroatoms. The summed E-state index contributed by atoms with van der Waals surface area (Å²) in [5, 5.41) is 0. The summed E-state index contributed by atoms with van der Waals surface area (Å²) in [6.45, 7) is 9.88. The molecule has 0 saturated heterocycles. The first kappa shape index (κ1) is 24.0. The van der Waals surface area contributed by atoms with E-state index in [1.165, 1.54) is 11.1 Å². The van der Waals surface area contributed by atoms with E-state index in [2.05, 4.69) is 32.6 Å². The maximum absolute atomic E-state index is 3.67. The third-order valence-corrected chi connectivity index (χ3v) is 1.54. The van der Waals surface area contributed by atoms with Gasteiger partial charge in [-0.25, -0.2) is 0 Å². The minimum atomic E-state index is 0. The van der Waals surface area contributed by atoms with E-state index in [1.54, 1.807) is 0 Å². The molecule has 0 radical (unpaired) electrons. The zero-order chi connectivity index (χ0) is 9.40. The fourth-order valence-corrected chi connectivity index (χ4v) is 0.534. The quantitative estimate of drug-likeness (QED) is 0.394. The molecule has 0 nitrogen and oxygen atoms in total. The van der Waals surface area contributed by atoms with Gasteiger partial charge >= 0.3 is 19.5 Å². The molecule has 0 saturated carbocycles. The smallest absolute Gasteiger partial charge is 0.358 e. The molecule has 0 bridgehead atoms. The second-order valence-electron chi connectivity index (χ2n) is 2.97. The Morgan fingerprint density at radius 1 is 1.13 bits per heavy atom. The Labute approximate surface area is 110 Å². The third-order valence-electron chi connectivity index (χ3n) is 1.54. The van der Waals surface area contributed by atoms with Crippen molar-refractivity contribution in [2.24, 2.45) is 0 Å². The number of aryl methyl sites for hydroxylation is 1. The Balaban J connectivity index is -0.0000000701. The molecule has 0 heterocycles. The van der Waals surface area contributed by atoms with Gasteiger partial charge in [-0.15, -0.1) is 6.58 Å². The number of allylic oxidation sites excluding steroid dienone is 1. The first-order chi connectivity index (χ1) is 5.66. The fraction of sp³-hybridized carbons (Fsp3) is 0.286. The zero-order valence-electron chi connectivity index (χ0n) is 10.7. The van der Waals surface area contributed by atoms with Gasteiger partial charge in [0.15, 0.2) is 0 Å². The fourth-order valence-electron chi connectivity index (χ4n) is 0.534. The Bertz CT molecular complexity index is 214. The van der Waals surface area contributed by atoms with Crippen LogP contribution in [0.5, 0.6) is 0 Å². The molecule has 0 spiro atoms. The minimum Gasteiger partial charge on any atom is -0.358 e. The average molecular weight is 293 g/mol. The number of benzene rings is 1. The molecule has 1 aromatic rings. The van der Waals surface area contributed by atoms with Crippen molar-refractivity contribution in [2.75, 3.05) is 0 Å². The normalized spacial score (nSPS) is 6.60. The molecule has 0 aliphatic rings. The zero-order valence-corrected chi connectivity index (χ0v) is 12.4. The van der Waals surface area contributed by atoms with Crippen molar-refractivity contribution in [2.45, 2.75) is 27.2 Å². The van der Waals surface area contributed by atoms with E-state index in [0.29, 0.717) is 0 Å².